The lowest BCUT2D eigenvalue weighted by Crippen LogP contribution is -2.43. The highest BCUT2D eigenvalue weighted by molar-refractivity contribution is 5.78. The molecule has 2 N–H and O–H groups in total. The van der Waals surface area contributed by atoms with Crippen LogP contribution in [0.4, 0.5) is 0 Å². The smallest absolute Gasteiger partial charge is 0.234 e. The van der Waals surface area contributed by atoms with Gasteiger partial charge >= 0.3 is 0 Å². The number of hydrogen-bond donors (Lipinski definition) is 2. The van der Waals surface area contributed by atoms with Gasteiger partial charge in [0.15, 0.2) is 0 Å². The molecule has 0 unspecified atom stereocenters. The summed E-state index contributed by atoms with van der Waals surface area (Å²) >= 11 is 0. The Bertz CT molecular complexity index is 258. The molecule has 1 aliphatic heterocycles. The molecule has 0 aromatic carbocycles. The van der Waals surface area contributed by atoms with Crippen molar-refractivity contribution < 1.29 is 4.79 Å². The topological polar surface area (TPSA) is 44.4 Å². The van der Waals surface area contributed by atoms with Crippen molar-refractivity contribution in [2.45, 2.75) is 45.1 Å². The monoisotopic (exact) mass is 253 g/mol. The highest BCUT2D eigenvalue weighted by atomic mass is 16.2. The fourth-order valence-corrected chi connectivity index (χ4v) is 2.54. The first-order valence-corrected chi connectivity index (χ1v) is 7.50. The Morgan fingerprint density at radius 2 is 1.94 bits per heavy atom. The van der Waals surface area contributed by atoms with E-state index in [0.717, 1.165) is 32.1 Å². The molecule has 4 heteroatoms. The van der Waals surface area contributed by atoms with Crippen LogP contribution in [0.5, 0.6) is 0 Å². The summed E-state index contributed by atoms with van der Waals surface area (Å²) in [5, 5.41) is 6.56. The summed E-state index contributed by atoms with van der Waals surface area (Å²) < 4.78 is 0. The second kappa shape index (κ2) is 7.10. The summed E-state index contributed by atoms with van der Waals surface area (Å²) in [4.78, 5) is 14.0. The number of piperidine rings is 1. The minimum atomic E-state index is 0.222. The Hall–Kier alpha value is -0.610. The number of hydrogen-bond acceptors (Lipinski definition) is 3. The van der Waals surface area contributed by atoms with Crippen LogP contribution in [0.25, 0.3) is 0 Å². The molecule has 18 heavy (non-hydrogen) atoms. The Morgan fingerprint density at radius 3 is 2.56 bits per heavy atom. The zero-order valence-corrected chi connectivity index (χ0v) is 11.6. The molecule has 1 amide bonds. The van der Waals surface area contributed by atoms with Crippen molar-refractivity contribution in [2.75, 3.05) is 32.7 Å². The van der Waals surface area contributed by atoms with Crippen LogP contribution in [0.2, 0.25) is 0 Å². The van der Waals surface area contributed by atoms with Crippen molar-refractivity contribution in [1.82, 2.24) is 15.5 Å². The largest absolute Gasteiger partial charge is 0.352 e. The van der Waals surface area contributed by atoms with Gasteiger partial charge in [-0.1, -0.05) is 6.92 Å². The molecule has 4 nitrogen and oxygen atoms in total. The first-order valence-electron chi connectivity index (χ1n) is 7.50. The summed E-state index contributed by atoms with van der Waals surface area (Å²) in [6.07, 6.45) is 6.02. The Balaban J connectivity index is 1.56. The third kappa shape index (κ3) is 4.94. The maximum atomic E-state index is 11.7. The van der Waals surface area contributed by atoms with Gasteiger partial charge in [0.2, 0.25) is 5.91 Å². The second-order valence-corrected chi connectivity index (χ2v) is 5.77. The van der Waals surface area contributed by atoms with Gasteiger partial charge in [-0.25, -0.2) is 0 Å². The molecule has 0 bridgehead atoms. The maximum Gasteiger partial charge on any atom is 0.234 e. The van der Waals surface area contributed by atoms with E-state index in [4.69, 9.17) is 0 Å². The first kappa shape index (κ1) is 13.8. The average molecular weight is 253 g/mol. The lowest BCUT2D eigenvalue weighted by molar-refractivity contribution is -0.122. The molecule has 2 rings (SSSR count). The standard InChI is InChI=1S/C14H27N3O/c1-2-7-15-10-12-5-8-17(9-6-12)11-14(18)16-13-3-4-13/h12-13,15H,2-11H2,1H3,(H,16,18). The van der Waals surface area contributed by atoms with Gasteiger partial charge in [0.05, 0.1) is 6.54 Å². The van der Waals surface area contributed by atoms with Crippen molar-refractivity contribution in [3.63, 3.8) is 0 Å². The zero-order valence-electron chi connectivity index (χ0n) is 11.6. The van der Waals surface area contributed by atoms with Gasteiger partial charge in [0.25, 0.3) is 0 Å². The molecular weight excluding hydrogens is 226 g/mol. The normalized spacial score (nSPS) is 22.1. The van der Waals surface area contributed by atoms with Crippen LogP contribution >= 0.6 is 0 Å². The zero-order chi connectivity index (χ0) is 12.8. The molecule has 1 aliphatic carbocycles. The average Bonchev–Trinajstić information content (AvgIpc) is 3.15. The van der Waals surface area contributed by atoms with Crippen molar-refractivity contribution >= 4 is 5.91 Å². The van der Waals surface area contributed by atoms with Crippen molar-refractivity contribution in [1.29, 1.82) is 0 Å². The maximum absolute atomic E-state index is 11.7. The summed E-state index contributed by atoms with van der Waals surface area (Å²) in [5.41, 5.74) is 0. The Kier molecular flexibility index (Phi) is 5.45. The predicted molar refractivity (Wildman–Crippen MR) is 73.5 cm³/mol. The molecule has 1 heterocycles. The molecule has 0 spiro atoms. The van der Waals surface area contributed by atoms with E-state index in [1.807, 2.05) is 0 Å². The van der Waals surface area contributed by atoms with E-state index in [1.54, 1.807) is 0 Å². The third-order valence-electron chi connectivity index (χ3n) is 3.88. The first-order chi connectivity index (χ1) is 8.78. The summed E-state index contributed by atoms with van der Waals surface area (Å²) in [5.74, 6) is 1.03. The van der Waals surface area contributed by atoms with E-state index < -0.39 is 0 Å². The highest BCUT2D eigenvalue weighted by Crippen LogP contribution is 2.19. The summed E-state index contributed by atoms with van der Waals surface area (Å²) in [6, 6.07) is 0.494. The van der Waals surface area contributed by atoms with Gasteiger partial charge in [-0.3, -0.25) is 9.69 Å². The fraction of sp³-hybridized carbons (Fsp3) is 0.929. The van der Waals surface area contributed by atoms with Crippen LogP contribution in [-0.2, 0) is 4.79 Å². The minimum Gasteiger partial charge on any atom is -0.352 e. The van der Waals surface area contributed by atoms with Crippen molar-refractivity contribution in [3.05, 3.63) is 0 Å². The SMILES string of the molecule is CCCNCC1CCN(CC(=O)NC2CC2)CC1. The molecule has 1 saturated carbocycles. The molecule has 2 fully saturated rings. The summed E-state index contributed by atoms with van der Waals surface area (Å²) in [6.45, 7) is 7.24. The number of likely N-dealkylation sites (tertiary alicyclic amines) is 1. The van der Waals surface area contributed by atoms with Crippen LogP contribution in [-0.4, -0.2) is 49.6 Å². The third-order valence-corrected chi connectivity index (χ3v) is 3.88. The molecule has 0 atom stereocenters. The minimum absolute atomic E-state index is 0.222. The van der Waals surface area contributed by atoms with E-state index in [-0.39, 0.29) is 5.91 Å². The molecule has 0 aromatic heterocycles. The van der Waals surface area contributed by atoms with Gasteiger partial charge in [0, 0.05) is 6.04 Å². The van der Waals surface area contributed by atoms with E-state index >= 15 is 0 Å². The number of carbonyl (C=O) groups is 1. The van der Waals surface area contributed by atoms with Gasteiger partial charge in [-0.2, -0.15) is 0 Å². The Labute approximate surface area is 110 Å². The van der Waals surface area contributed by atoms with Crippen LogP contribution in [0.1, 0.15) is 39.0 Å². The van der Waals surface area contributed by atoms with Gasteiger partial charge in [0.1, 0.15) is 0 Å². The van der Waals surface area contributed by atoms with Crippen molar-refractivity contribution in [3.8, 4) is 0 Å². The fourth-order valence-electron chi connectivity index (χ4n) is 2.54. The molecule has 1 saturated heterocycles. The van der Waals surface area contributed by atoms with Crippen LogP contribution in [0.15, 0.2) is 0 Å². The van der Waals surface area contributed by atoms with Gasteiger partial charge in [-0.05, 0) is 64.2 Å². The molecule has 0 aromatic rings. The molecular formula is C14H27N3O. The van der Waals surface area contributed by atoms with E-state index in [0.29, 0.717) is 12.6 Å². The summed E-state index contributed by atoms with van der Waals surface area (Å²) in [7, 11) is 0. The predicted octanol–water partition coefficient (Wildman–Crippen LogP) is 0.977. The lowest BCUT2D eigenvalue weighted by Gasteiger charge is -2.31. The van der Waals surface area contributed by atoms with Gasteiger partial charge < -0.3 is 10.6 Å². The van der Waals surface area contributed by atoms with Gasteiger partial charge in [-0.15, -0.1) is 0 Å². The van der Waals surface area contributed by atoms with Crippen molar-refractivity contribution in [2.24, 2.45) is 5.92 Å². The molecule has 0 radical (unpaired) electrons. The quantitative estimate of drug-likeness (QED) is 0.665. The highest BCUT2D eigenvalue weighted by Gasteiger charge is 2.25. The van der Waals surface area contributed by atoms with E-state index in [9.17, 15) is 4.79 Å². The Morgan fingerprint density at radius 1 is 1.22 bits per heavy atom. The second-order valence-electron chi connectivity index (χ2n) is 5.77. The van der Waals surface area contributed by atoms with E-state index in [1.165, 1.54) is 32.1 Å². The lowest BCUT2D eigenvalue weighted by atomic mass is 9.97. The van der Waals surface area contributed by atoms with E-state index in [2.05, 4.69) is 22.5 Å². The molecule has 104 valence electrons. The number of carbonyl (C=O) groups excluding carboxylic acids is 1. The van der Waals surface area contributed by atoms with Crippen LogP contribution in [0.3, 0.4) is 0 Å². The number of nitrogens with one attached hydrogen (secondary N) is 2. The van der Waals surface area contributed by atoms with Crippen LogP contribution in [0, 0.1) is 5.92 Å². The van der Waals surface area contributed by atoms with Crippen LogP contribution < -0.4 is 10.6 Å². The number of rotatable bonds is 7. The molecule has 2 aliphatic rings. The number of amides is 1. The number of nitrogens with zero attached hydrogens (tertiary/aromatic N) is 1.